The lowest BCUT2D eigenvalue weighted by Gasteiger charge is -2.09. The van der Waals surface area contributed by atoms with E-state index in [1.807, 2.05) is 31.2 Å². The Labute approximate surface area is 116 Å². The minimum atomic E-state index is 0.801. The highest BCUT2D eigenvalue weighted by atomic mass is 127. The maximum Gasteiger partial charge on any atom is 0.144 e. The van der Waals surface area contributed by atoms with Gasteiger partial charge in [-0.15, -0.1) is 0 Å². The Morgan fingerprint density at radius 1 is 1.31 bits per heavy atom. The van der Waals surface area contributed by atoms with Crippen molar-refractivity contribution in [1.29, 1.82) is 0 Å². The number of hydrogen-bond donors (Lipinski definition) is 0. The van der Waals surface area contributed by atoms with Crippen LogP contribution in [0.4, 0.5) is 0 Å². The van der Waals surface area contributed by atoms with Crippen molar-refractivity contribution in [3.63, 3.8) is 0 Å². The van der Waals surface area contributed by atoms with Crippen molar-refractivity contribution >= 4 is 38.5 Å². The van der Waals surface area contributed by atoms with Crippen LogP contribution in [-0.4, -0.2) is 7.11 Å². The second-order valence-corrected chi connectivity index (χ2v) is 5.48. The molecule has 1 aromatic carbocycles. The van der Waals surface area contributed by atoms with Crippen LogP contribution >= 0.6 is 38.5 Å². The summed E-state index contributed by atoms with van der Waals surface area (Å²) in [5, 5.41) is 0. The van der Waals surface area contributed by atoms with E-state index in [4.69, 9.17) is 9.15 Å². The predicted octanol–water partition coefficient (Wildman–Crippen LogP) is 4.63. The molecule has 2 nitrogen and oxygen atoms in total. The number of furan rings is 1. The largest absolute Gasteiger partial charge is 0.495 e. The highest BCUT2D eigenvalue weighted by Gasteiger charge is 2.13. The first-order valence-corrected chi connectivity index (χ1v) is 6.59. The van der Waals surface area contributed by atoms with E-state index in [-0.39, 0.29) is 0 Å². The summed E-state index contributed by atoms with van der Waals surface area (Å²) in [5.41, 5.74) is 0.967. The van der Waals surface area contributed by atoms with Gasteiger partial charge in [0.1, 0.15) is 17.3 Å². The highest BCUT2D eigenvalue weighted by molar-refractivity contribution is 14.1. The molecule has 1 heterocycles. The van der Waals surface area contributed by atoms with E-state index >= 15 is 0 Å². The van der Waals surface area contributed by atoms with E-state index in [1.165, 1.54) is 0 Å². The Hall–Kier alpha value is -0.490. The number of rotatable bonds is 2. The molecule has 1 aromatic heterocycles. The van der Waals surface area contributed by atoms with Gasteiger partial charge in [0.15, 0.2) is 0 Å². The van der Waals surface area contributed by atoms with E-state index in [2.05, 4.69) is 38.5 Å². The Kier molecular flexibility index (Phi) is 3.59. The van der Waals surface area contributed by atoms with Crippen LogP contribution in [0.15, 0.2) is 33.2 Å². The average Bonchev–Trinajstić information content (AvgIpc) is 2.63. The molecule has 0 aliphatic rings. The first-order valence-electron chi connectivity index (χ1n) is 4.71. The maximum atomic E-state index is 5.62. The van der Waals surface area contributed by atoms with Crippen molar-refractivity contribution in [1.82, 2.24) is 0 Å². The molecule has 4 heteroatoms. The zero-order valence-electron chi connectivity index (χ0n) is 8.88. The lowest BCUT2D eigenvalue weighted by molar-refractivity contribution is 0.411. The van der Waals surface area contributed by atoms with Crippen molar-refractivity contribution in [3.8, 4) is 17.1 Å². The second kappa shape index (κ2) is 4.79. The number of ether oxygens (including phenoxy) is 1. The number of aryl methyl sites for hydroxylation is 1. The van der Waals surface area contributed by atoms with E-state index in [0.29, 0.717) is 0 Å². The molecule has 0 unspecified atom stereocenters. The maximum absolute atomic E-state index is 5.62. The van der Waals surface area contributed by atoms with Crippen molar-refractivity contribution in [3.05, 3.63) is 38.1 Å². The first-order chi connectivity index (χ1) is 7.61. The molecule has 0 saturated heterocycles. The van der Waals surface area contributed by atoms with Crippen LogP contribution in [0.25, 0.3) is 11.3 Å². The summed E-state index contributed by atoms with van der Waals surface area (Å²) in [6.07, 6.45) is 0. The molecule has 0 spiro atoms. The summed E-state index contributed by atoms with van der Waals surface area (Å²) in [6, 6.07) is 7.96. The van der Waals surface area contributed by atoms with E-state index < -0.39 is 0 Å². The number of methoxy groups -OCH3 is 1. The van der Waals surface area contributed by atoms with Crippen molar-refractivity contribution < 1.29 is 9.15 Å². The molecule has 0 saturated carbocycles. The van der Waals surface area contributed by atoms with Gasteiger partial charge >= 0.3 is 0 Å². The predicted molar refractivity (Wildman–Crippen MR) is 75.9 cm³/mol. The van der Waals surface area contributed by atoms with Gasteiger partial charge in [-0.05, 0) is 69.7 Å². The Morgan fingerprint density at radius 3 is 2.62 bits per heavy atom. The fraction of sp³-hybridized carbons (Fsp3) is 0.167. The van der Waals surface area contributed by atoms with Crippen molar-refractivity contribution in [2.24, 2.45) is 0 Å². The summed E-state index contributed by atoms with van der Waals surface area (Å²) < 4.78 is 13.1. The number of halogens is 2. The molecule has 2 rings (SSSR count). The summed E-state index contributed by atoms with van der Waals surface area (Å²) in [7, 11) is 1.66. The zero-order chi connectivity index (χ0) is 11.7. The molecule has 2 aromatic rings. The molecule has 0 bridgehead atoms. The SMILES string of the molecule is COc1c(Br)cc(I)cc1-c1ccc(C)o1. The van der Waals surface area contributed by atoms with Gasteiger partial charge < -0.3 is 9.15 Å². The second-order valence-electron chi connectivity index (χ2n) is 3.38. The number of benzene rings is 1. The zero-order valence-corrected chi connectivity index (χ0v) is 12.6. The van der Waals surface area contributed by atoms with Gasteiger partial charge in [-0.3, -0.25) is 0 Å². The summed E-state index contributed by atoms with van der Waals surface area (Å²) in [6.45, 7) is 1.93. The smallest absolute Gasteiger partial charge is 0.144 e. The van der Waals surface area contributed by atoms with Crippen LogP contribution in [0, 0.1) is 10.5 Å². The van der Waals surface area contributed by atoms with Gasteiger partial charge in [0.05, 0.1) is 17.1 Å². The van der Waals surface area contributed by atoms with Gasteiger partial charge in [-0.2, -0.15) is 0 Å². The van der Waals surface area contributed by atoms with Crippen LogP contribution in [0.2, 0.25) is 0 Å². The molecule has 0 radical (unpaired) electrons. The molecule has 0 atom stereocenters. The fourth-order valence-electron chi connectivity index (χ4n) is 1.53. The molecular weight excluding hydrogens is 383 g/mol. The van der Waals surface area contributed by atoms with Crippen LogP contribution in [-0.2, 0) is 0 Å². The van der Waals surface area contributed by atoms with Crippen LogP contribution in [0.1, 0.15) is 5.76 Å². The normalized spacial score (nSPS) is 10.5. The highest BCUT2D eigenvalue weighted by Crippen LogP contribution is 2.38. The van der Waals surface area contributed by atoms with Gasteiger partial charge in [0.25, 0.3) is 0 Å². The molecular formula is C12H10BrIO2. The average molecular weight is 393 g/mol. The molecule has 0 fully saturated rings. The van der Waals surface area contributed by atoms with Gasteiger partial charge in [-0.1, -0.05) is 0 Å². The summed E-state index contributed by atoms with van der Waals surface area (Å²) in [4.78, 5) is 0. The molecule has 0 amide bonds. The van der Waals surface area contributed by atoms with E-state index in [1.54, 1.807) is 7.11 Å². The lowest BCUT2D eigenvalue weighted by atomic mass is 10.1. The molecule has 84 valence electrons. The standard InChI is InChI=1S/C12H10BrIO2/c1-7-3-4-11(16-7)9-5-8(14)6-10(13)12(9)15-2/h3-6H,1-2H3. The Bertz CT molecular complexity index is 520. The summed E-state index contributed by atoms with van der Waals surface area (Å²) in [5.74, 6) is 2.52. The molecule has 16 heavy (non-hydrogen) atoms. The fourth-order valence-corrected chi connectivity index (χ4v) is 3.20. The van der Waals surface area contributed by atoms with E-state index in [0.717, 1.165) is 30.9 Å². The third-order valence-corrected chi connectivity index (χ3v) is 3.43. The van der Waals surface area contributed by atoms with Crippen LogP contribution < -0.4 is 4.74 Å². The molecule has 0 aliphatic carbocycles. The number of hydrogen-bond acceptors (Lipinski definition) is 2. The van der Waals surface area contributed by atoms with Gasteiger partial charge in [-0.25, -0.2) is 0 Å². The van der Waals surface area contributed by atoms with Crippen LogP contribution in [0.5, 0.6) is 5.75 Å². The minimum absolute atomic E-state index is 0.801. The van der Waals surface area contributed by atoms with E-state index in [9.17, 15) is 0 Å². The van der Waals surface area contributed by atoms with Crippen molar-refractivity contribution in [2.45, 2.75) is 6.92 Å². The minimum Gasteiger partial charge on any atom is -0.495 e. The van der Waals surface area contributed by atoms with Gasteiger partial charge in [0, 0.05) is 3.57 Å². The first kappa shape index (κ1) is 12.0. The third kappa shape index (κ3) is 2.27. The van der Waals surface area contributed by atoms with Crippen molar-refractivity contribution in [2.75, 3.05) is 7.11 Å². The monoisotopic (exact) mass is 392 g/mol. The quantitative estimate of drug-likeness (QED) is 0.695. The summed E-state index contributed by atoms with van der Waals surface area (Å²) >= 11 is 5.76. The Morgan fingerprint density at radius 2 is 2.06 bits per heavy atom. The van der Waals surface area contributed by atoms with Crippen LogP contribution in [0.3, 0.4) is 0 Å². The Balaban J connectivity index is 2.63. The lowest BCUT2D eigenvalue weighted by Crippen LogP contribution is -1.89. The topological polar surface area (TPSA) is 22.4 Å². The third-order valence-electron chi connectivity index (χ3n) is 2.22. The molecule has 0 aliphatic heterocycles. The van der Waals surface area contributed by atoms with Gasteiger partial charge in [0.2, 0.25) is 0 Å². The molecule has 0 N–H and O–H groups in total.